The summed E-state index contributed by atoms with van der Waals surface area (Å²) in [7, 11) is -2.34. The van der Waals surface area contributed by atoms with Gasteiger partial charge in [-0.15, -0.1) is 0 Å². The molecule has 29 heavy (non-hydrogen) atoms. The van der Waals surface area contributed by atoms with E-state index in [1.54, 1.807) is 0 Å². The molecule has 4 aromatic rings. The van der Waals surface area contributed by atoms with Crippen molar-refractivity contribution in [3.63, 3.8) is 0 Å². The van der Waals surface area contributed by atoms with Gasteiger partial charge in [-0.25, -0.2) is 0 Å². The Kier molecular flexibility index (Phi) is 4.11. The highest BCUT2D eigenvalue weighted by Crippen LogP contribution is 2.31. The Hall–Kier alpha value is -2.90. The van der Waals surface area contributed by atoms with Crippen LogP contribution in [-0.2, 0) is 5.41 Å². The summed E-state index contributed by atoms with van der Waals surface area (Å²) in [5.41, 5.74) is 4.35. The molecule has 0 unspecified atom stereocenters. The van der Waals surface area contributed by atoms with Gasteiger partial charge in [0.2, 0.25) is 0 Å². The quantitative estimate of drug-likeness (QED) is 0.393. The van der Waals surface area contributed by atoms with Gasteiger partial charge >= 0.3 is 0 Å². The van der Waals surface area contributed by atoms with E-state index in [1.165, 1.54) is 37.4 Å². The number of hydrogen-bond acceptors (Lipinski definition) is 0. The molecule has 0 atom stereocenters. The second-order valence-corrected chi connectivity index (χ2v) is 12.8. The largest absolute Gasteiger partial charge is 0.180 e. The molecule has 1 heteroatoms. The predicted molar refractivity (Wildman–Crippen MR) is 128 cm³/mol. The monoisotopic (exact) mass is 390 g/mol. The molecular formula is C28H26Si. The van der Waals surface area contributed by atoms with Crippen molar-refractivity contribution in [1.82, 2.24) is 0 Å². The van der Waals surface area contributed by atoms with Gasteiger partial charge in [0, 0.05) is 0 Å². The molecule has 5 rings (SSSR count). The van der Waals surface area contributed by atoms with Crippen LogP contribution in [0.3, 0.4) is 0 Å². The minimum absolute atomic E-state index is 0.122. The van der Waals surface area contributed by atoms with Crippen LogP contribution in [0.25, 0.3) is 11.1 Å². The third-order valence-corrected chi connectivity index (χ3v) is 11.2. The van der Waals surface area contributed by atoms with Crippen molar-refractivity contribution >= 4 is 28.8 Å². The Morgan fingerprint density at radius 1 is 0.517 bits per heavy atom. The van der Waals surface area contributed by atoms with Gasteiger partial charge in [0.1, 0.15) is 0 Å². The summed E-state index contributed by atoms with van der Waals surface area (Å²) in [6, 6.07) is 38.7. The summed E-state index contributed by atoms with van der Waals surface area (Å²) >= 11 is 0. The van der Waals surface area contributed by atoms with E-state index < -0.39 is 8.07 Å². The maximum Gasteiger partial charge on any atom is 0.180 e. The molecular weight excluding hydrogens is 364 g/mol. The zero-order valence-corrected chi connectivity index (χ0v) is 18.3. The number of hydrogen-bond donors (Lipinski definition) is 0. The van der Waals surface area contributed by atoms with Crippen LogP contribution in [0.1, 0.15) is 26.3 Å². The Balaban J connectivity index is 1.96. The van der Waals surface area contributed by atoms with Crippen LogP contribution in [0.2, 0.25) is 0 Å². The Morgan fingerprint density at radius 2 is 1.03 bits per heavy atom. The molecule has 0 spiro atoms. The molecule has 0 aromatic heterocycles. The van der Waals surface area contributed by atoms with Crippen molar-refractivity contribution in [2.24, 2.45) is 0 Å². The Morgan fingerprint density at radius 3 is 1.62 bits per heavy atom. The van der Waals surface area contributed by atoms with E-state index in [4.69, 9.17) is 0 Å². The van der Waals surface area contributed by atoms with Gasteiger partial charge < -0.3 is 0 Å². The van der Waals surface area contributed by atoms with Crippen molar-refractivity contribution < 1.29 is 0 Å². The molecule has 0 nitrogen and oxygen atoms in total. The second kappa shape index (κ2) is 6.57. The van der Waals surface area contributed by atoms with Crippen LogP contribution in [0.4, 0.5) is 0 Å². The Bertz CT molecular complexity index is 1130. The van der Waals surface area contributed by atoms with Crippen LogP contribution in [0.15, 0.2) is 103 Å². The molecule has 0 radical (unpaired) electrons. The van der Waals surface area contributed by atoms with Crippen molar-refractivity contribution in [2.45, 2.75) is 26.2 Å². The first kappa shape index (κ1) is 18.1. The molecule has 0 bridgehead atoms. The molecule has 0 saturated carbocycles. The fourth-order valence-electron chi connectivity index (χ4n) is 4.91. The lowest BCUT2D eigenvalue weighted by Gasteiger charge is -2.32. The zero-order chi connectivity index (χ0) is 20.1. The fraction of sp³-hybridized carbons (Fsp3) is 0.143. The highest BCUT2D eigenvalue weighted by atomic mass is 28.3. The molecule has 0 N–H and O–H groups in total. The van der Waals surface area contributed by atoms with Gasteiger partial charge in [-0.2, -0.15) is 0 Å². The molecule has 142 valence electrons. The Labute approximate surface area is 174 Å². The summed E-state index contributed by atoms with van der Waals surface area (Å²) in [5, 5.41) is 5.97. The topological polar surface area (TPSA) is 0 Å². The first-order valence-corrected chi connectivity index (χ1v) is 12.4. The lowest BCUT2D eigenvalue weighted by Crippen LogP contribution is -2.72. The van der Waals surface area contributed by atoms with E-state index >= 15 is 0 Å². The highest BCUT2D eigenvalue weighted by molar-refractivity contribution is 7.22. The van der Waals surface area contributed by atoms with E-state index in [-0.39, 0.29) is 5.41 Å². The lowest BCUT2D eigenvalue weighted by atomic mass is 9.86. The van der Waals surface area contributed by atoms with Crippen LogP contribution >= 0.6 is 0 Å². The first-order chi connectivity index (χ1) is 14.0. The number of rotatable bonds is 2. The van der Waals surface area contributed by atoms with E-state index in [0.29, 0.717) is 0 Å². The number of fused-ring (bicyclic) bond motifs is 3. The minimum Gasteiger partial charge on any atom is -0.0623 e. The van der Waals surface area contributed by atoms with E-state index in [2.05, 4.69) is 124 Å². The molecule has 1 heterocycles. The van der Waals surface area contributed by atoms with E-state index in [9.17, 15) is 0 Å². The molecule has 1 aliphatic heterocycles. The molecule has 4 aromatic carbocycles. The molecule has 1 aliphatic rings. The molecule has 0 saturated heterocycles. The highest BCUT2D eigenvalue weighted by Gasteiger charge is 2.48. The normalized spacial score (nSPS) is 14.3. The summed E-state index contributed by atoms with van der Waals surface area (Å²) in [5.74, 6) is 0. The second-order valence-electron chi connectivity index (χ2n) is 9.04. The van der Waals surface area contributed by atoms with Crippen LogP contribution < -0.4 is 20.7 Å². The smallest absolute Gasteiger partial charge is 0.0623 e. The van der Waals surface area contributed by atoms with Crippen molar-refractivity contribution in [2.75, 3.05) is 0 Å². The lowest BCUT2D eigenvalue weighted by molar-refractivity contribution is 0.591. The third-order valence-electron chi connectivity index (χ3n) is 6.32. The summed E-state index contributed by atoms with van der Waals surface area (Å²) < 4.78 is 0. The molecule has 0 amide bonds. The SMILES string of the molecule is CC(C)(C)c1ccc2c(c1)[Si](c1ccccc1)(c1ccccc1)c1ccccc1-2. The average molecular weight is 391 g/mol. The standard InChI is InChI=1S/C28H26Si/c1-28(2,3)21-18-19-25-24-16-10-11-17-26(24)29(27(25)20-21,22-12-6-4-7-13-22)23-14-8-5-9-15-23/h4-20H,1-3H3. The maximum absolute atomic E-state index is 2.52. The van der Waals surface area contributed by atoms with Crippen molar-refractivity contribution in [1.29, 1.82) is 0 Å². The van der Waals surface area contributed by atoms with Gasteiger partial charge in [0.15, 0.2) is 8.07 Å². The fourth-order valence-corrected chi connectivity index (χ4v) is 10.1. The molecule has 0 fully saturated rings. The van der Waals surface area contributed by atoms with Gasteiger partial charge in [-0.05, 0) is 42.9 Å². The predicted octanol–water partition coefficient (Wildman–Crippen LogP) is 4.34. The van der Waals surface area contributed by atoms with Crippen molar-refractivity contribution in [3.05, 3.63) is 109 Å². The van der Waals surface area contributed by atoms with Gasteiger partial charge in [-0.3, -0.25) is 0 Å². The van der Waals surface area contributed by atoms with Crippen LogP contribution in [-0.4, -0.2) is 8.07 Å². The first-order valence-electron chi connectivity index (χ1n) is 10.4. The third kappa shape index (κ3) is 2.65. The molecule has 0 aliphatic carbocycles. The summed E-state index contributed by atoms with van der Waals surface area (Å²) in [6.45, 7) is 6.93. The van der Waals surface area contributed by atoms with Crippen molar-refractivity contribution in [3.8, 4) is 11.1 Å². The van der Waals surface area contributed by atoms with E-state index in [0.717, 1.165) is 0 Å². The van der Waals surface area contributed by atoms with Gasteiger partial charge in [-0.1, -0.05) is 124 Å². The van der Waals surface area contributed by atoms with Crippen LogP contribution in [0, 0.1) is 0 Å². The van der Waals surface area contributed by atoms with Gasteiger partial charge in [0.05, 0.1) is 0 Å². The van der Waals surface area contributed by atoms with Gasteiger partial charge in [0.25, 0.3) is 0 Å². The summed E-state index contributed by atoms with van der Waals surface area (Å²) in [6.07, 6.45) is 0. The maximum atomic E-state index is 2.52. The van der Waals surface area contributed by atoms with E-state index in [1.807, 2.05) is 0 Å². The number of benzene rings is 4. The summed E-state index contributed by atoms with van der Waals surface area (Å²) in [4.78, 5) is 0. The zero-order valence-electron chi connectivity index (χ0n) is 17.3. The van der Waals surface area contributed by atoms with Crippen LogP contribution in [0.5, 0.6) is 0 Å². The average Bonchev–Trinajstić information content (AvgIpc) is 3.05. The minimum atomic E-state index is -2.34.